The van der Waals surface area contributed by atoms with Gasteiger partial charge in [-0.25, -0.2) is 9.78 Å². The quantitative estimate of drug-likeness (QED) is 0.590. The van der Waals surface area contributed by atoms with Gasteiger partial charge in [-0.1, -0.05) is 12.1 Å². The summed E-state index contributed by atoms with van der Waals surface area (Å²) in [6.45, 7) is 0.189. The maximum atomic E-state index is 11.2. The number of aromatic carboxylic acids is 1. The number of carboxylic acid groups (broad SMARTS) is 1. The molecule has 3 rings (SSSR count). The standard InChI is InChI=1S/C13H9N3O4S/c17-13(18)10-5-8(16(19)20)6-15(10)7-12-14-9-3-1-2-4-11(9)21-12/h1-6H,7H2,(H,17,18). The van der Waals surface area contributed by atoms with Crippen molar-refractivity contribution in [3.05, 3.63) is 57.3 Å². The van der Waals surface area contributed by atoms with Crippen molar-refractivity contribution in [3.63, 3.8) is 0 Å². The number of benzene rings is 1. The highest BCUT2D eigenvalue weighted by atomic mass is 32.1. The van der Waals surface area contributed by atoms with E-state index in [4.69, 9.17) is 5.11 Å². The molecule has 0 unspecified atom stereocenters. The largest absolute Gasteiger partial charge is 0.477 e. The van der Waals surface area contributed by atoms with Gasteiger partial charge in [0.15, 0.2) is 0 Å². The molecule has 0 saturated carbocycles. The zero-order valence-electron chi connectivity index (χ0n) is 10.6. The Morgan fingerprint density at radius 3 is 2.86 bits per heavy atom. The molecule has 8 heteroatoms. The zero-order valence-corrected chi connectivity index (χ0v) is 11.4. The van der Waals surface area contributed by atoms with E-state index in [-0.39, 0.29) is 17.9 Å². The predicted octanol–water partition coefficient (Wildman–Crippen LogP) is 2.75. The Bertz CT molecular complexity index is 819. The summed E-state index contributed by atoms with van der Waals surface area (Å²) in [5.74, 6) is -1.20. The summed E-state index contributed by atoms with van der Waals surface area (Å²) in [5, 5.41) is 20.6. The van der Waals surface area contributed by atoms with Gasteiger partial charge in [-0.15, -0.1) is 11.3 Å². The Labute approximate surface area is 122 Å². The first-order valence-corrected chi connectivity index (χ1v) is 6.78. The Morgan fingerprint density at radius 2 is 2.19 bits per heavy atom. The molecule has 0 fully saturated rings. The molecule has 106 valence electrons. The van der Waals surface area contributed by atoms with E-state index in [9.17, 15) is 14.9 Å². The number of nitro groups is 1. The highest BCUT2D eigenvalue weighted by molar-refractivity contribution is 7.18. The van der Waals surface area contributed by atoms with Gasteiger partial charge in [-0.05, 0) is 12.1 Å². The van der Waals surface area contributed by atoms with Crippen LogP contribution >= 0.6 is 11.3 Å². The van der Waals surface area contributed by atoms with Gasteiger partial charge < -0.3 is 9.67 Å². The fraction of sp³-hybridized carbons (Fsp3) is 0.0769. The van der Waals surface area contributed by atoms with Crippen LogP contribution in [-0.2, 0) is 6.54 Å². The molecule has 1 aromatic carbocycles. The summed E-state index contributed by atoms with van der Waals surface area (Å²) in [5.41, 5.74) is 0.463. The van der Waals surface area contributed by atoms with Crippen molar-refractivity contribution in [2.24, 2.45) is 0 Å². The van der Waals surface area contributed by atoms with Crippen LogP contribution in [0.25, 0.3) is 10.2 Å². The van der Waals surface area contributed by atoms with Crippen molar-refractivity contribution in [2.45, 2.75) is 6.54 Å². The van der Waals surface area contributed by atoms with Crippen molar-refractivity contribution in [1.82, 2.24) is 9.55 Å². The van der Waals surface area contributed by atoms with E-state index in [1.165, 1.54) is 22.1 Å². The predicted molar refractivity (Wildman–Crippen MR) is 76.8 cm³/mol. The first-order chi connectivity index (χ1) is 10.0. The lowest BCUT2D eigenvalue weighted by molar-refractivity contribution is -0.384. The lowest BCUT2D eigenvalue weighted by Crippen LogP contribution is -2.08. The monoisotopic (exact) mass is 303 g/mol. The number of para-hydroxylation sites is 1. The summed E-state index contributed by atoms with van der Waals surface area (Å²) in [6, 6.07) is 8.61. The van der Waals surface area contributed by atoms with Gasteiger partial charge in [0.05, 0.1) is 27.9 Å². The Morgan fingerprint density at radius 1 is 1.43 bits per heavy atom. The molecule has 0 saturated heterocycles. The van der Waals surface area contributed by atoms with Crippen molar-refractivity contribution in [3.8, 4) is 0 Å². The first-order valence-electron chi connectivity index (χ1n) is 5.97. The van der Waals surface area contributed by atoms with Gasteiger partial charge in [0.2, 0.25) is 0 Å². The minimum absolute atomic E-state index is 0.124. The molecule has 0 atom stereocenters. The number of carboxylic acids is 1. The molecule has 21 heavy (non-hydrogen) atoms. The second kappa shape index (κ2) is 4.98. The molecule has 0 aliphatic heterocycles. The van der Waals surface area contributed by atoms with Crippen LogP contribution in [0.15, 0.2) is 36.5 Å². The molecule has 0 bridgehead atoms. The summed E-state index contributed by atoms with van der Waals surface area (Å²) in [7, 11) is 0. The number of rotatable bonds is 4. The van der Waals surface area contributed by atoms with Crippen LogP contribution in [0.5, 0.6) is 0 Å². The number of hydrogen-bond acceptors (Lipinski definition) is 5. The molecule has 1 N–H and O–H groups in total. The molecule has 0 amide bonds. The van der Waals surface area contributed by atoms with Crippen LogP contribution in [0, 0.1) is 10.1 Å². The SMILES string of the molecule is O=C(O)c1cc([N+](=O)[O-])cn1Cc1nc2ccccc2s1. The number of carbonyl (C=O) groups is 1. The van der Waals surface area contributed by atoms with E-state index >= 15 is 0 Å². The molecule has 0 spiro atoms. The summed E-state index contributed by atoms with van der Waals surface area (Å²) >= 11 is 1.44. The molecule has 0 aliphatic carbocycles. The van der Waals surface area contributed by atoms with E-state index in [0.717, 1.165) is 16.3 Å². The van der Waals surface area contributed by atoms with Crippen molar-refractivity contribution in [2.75, 3.05) is 0 Å². The minimum Gasteiger partial charge on any atom is -0.477 e. The molecule has 0 aliphatic rings. The van der Waals surface area contributed by atoms with Crippen LogP contribution in [-0.4, -0.2) is 25.6 Å². The van der Waals surface area contributed by atoms with Crippen LogP contribution in [0.1, 0.15) is 15.5 Å². The Kier molecular flexibility index (Phi) is 3.15. The molecule has 0 radical (unpaired) electrons. The fourth-order valence-corrected chi connectivity index (χ4v) is 3.00. The second-order valence-electron chi connectivity index (χ2n) is 4.35. The number of aromatic nitrogens is 2. The van der Waals surface area contributed by atoms with E-state index in [1.54, 1.807) is 0 Å². The number of fused-ring (bicyclic) bond motifs is 1. The lowest BCUT2D eigenvalue weighted by atomic mass is 10.3. The maximum absolute atomic E-state index is 11.2. The number of hydrogen-bond donors (Lipinski definition) is 1. The van der Waals surface area contributed by atoms with E-state index < -0.39 is 10.9 Å². The molecule has 2 aromatic heterocycles. The van der Waals surface area contributed by atoms with Gasteiger partial charge in [0.25, 0.3) is 5.69 Å². The molecule has 7 nitrogen and oxygen atoms in total. The third kappa shape index (κ3) is 2.48. The van der Waals surface area contributed by atoms with Crippen molar-refractivity contribution in [1.29, 1.82) is 0 Å². The van der Waals surface area contributed by atoms with Gasteiger partial charge in [-0.3, -0.25) is 10.1 Å². The van der Waals surface area contributed by atoms with E-state index in [1.807, 2.05) is 24.3 Å². The minimum atomic E-state index is -1.20. The average Bonchev–Trinajstić information content (AvgIpc) is 3.02. The van der Waals surface area contributed by atoms with Crippen LogP contribution < -0.4 is 0 Å². The summed E-state index contributed by atoms with van der Waals surface area (Å²) in [6.07, 6.45) is 1.22. The van der Waals surface area contributed by atoms with Crippen molar-refractivity contribution >= 4 is 33.2 Å². The highest BCUT2D eigenvalue weighted by Gasteiger charge is 2.19. The van der Waals surface area contributed by atoms with Gasteiger partial charge in [0, 0.05) is 6.07 Å². The number of nitrogens with zero attached hydrogens (tertiary/aromatic N) is 3. The normalized spacial score (nSPS) is 10.9. The summed E-state index contributed by atoms with van der Waals surface area (Å²) in [4.78, 5) is 25.7. The van der Waals surface area contributed by atoms with Crippen molar-refractivity contribution < 1.29 is 14.8 Å². The zero-order chi connectivity index (χ0) is 15.0. The average molecular weight is 303 g/mol. The molecule has 2 heterocycles. The van der Waals surface area contributed by atoms with E-state index in [0.29, 0.717) is 5.01 Å². The fourth-order valence-electron chi connectivity index (χ4n) is 2.04. The highest BCUT2D eigenvalue weighted by Crippen LogP contribution is 2.24. The maximum Gasteiger partial charge on any atom is 0.352 e. The van der Waals surface area contributed by atoms with Gasteiger partial charge >= 0.3 is 5.97 Å². The second-order valence-corrected chi connectivity index (χ2v) is 5.46. The molecule has 3 aromatic rings. The molecular weight excluding hydrogens is 294 g/mol. The third-order valence-corrected chi connectivity index (χ3v) is 3.98. The van der Waals surface area contributed by atoms with Gasteiger partial charge in [0.1, 0.15) is 10.7 Å². The number of thiazole rings is 1. The topological polar surface area (TPSA) is 98.3 Å². The smallest absolute Gasteiger partial charge is 0.352 e. The van der Waals surface area contributed by atoms with Gasteiger partial charge in [-0.2, -0.15) is 0 Å². The Balaban J connectivity index is 2.00. The Hall–Kier alpha value is -2.74. The third-order valence-electron chi connectivity index (χ3n) is 2.96. The molecular formula is C13H9N3O4S. The first kappa shape index (κ1) is 13.3. The van der Waals surface area contributed by atoms with Crippen LogP contribution in [0.3, 0.4) is 0 Å². The summed E-state index contributed by atoms with van der Waals surface area (Å²) < 4.78 is 2.32. The lowest BCUT2D eigenvalue weighted by Gasteiger charge is -2.01. The van der Waals surface area contributed by atoms with Crippen LogP contribution in [0.2, 0.25) is 0 Å². The van der Waals surface area contributed by atoms with Crippen LogP contribution in [0.4, 0.5) is 5.69 Å². The van der Waals surface area contributed by atoms with E-state index in [2.05, 4.69) is 4.98 Å².